The Hall–Kier alpha value is -1.79. The molecule has 0 aliphatic carbocycles. The number of thiazole rings is 1. The van der Waals surface area contributed by atoms with Gasteiger partial charge in [0, 0.05) is 25.5 Å². The van der Waals surface area contributed by atoms with Gasteiger partial charge in [0.05, 0.1) is 11.7 Å². The topological polar surface area (TPSA) is 66.9 Å². The highest BCUT2D eigenvalue weighted by atomic mass is 32.1. The zero-order valence-electron chi connectivity index (χ0n) is 10.5. The Morgan fingerprint density at radius 2 is 2.21 bits per heavy atom. The second-order valence-corrected chi connectivity index (χ2v) is 4.90. The van der Waals surface area contributed by atoms with Crippen molar-refractivity contribution in [3.05, 3.63) is 46.7 Å². The van der Waals surface area contributed by atoms with E-state index < -0.39 is 0 Å². The standard InChI is InChI=1S/C13H16N4OS/c18-13(12-9-16-10-19-12)17-6-2-5-15-8-11-3-1-4-14-7-11/h1,3-4,7,9-10,15H,2,5-6,8H2,(H,17,18). The van der Waals surface area contributed by atoms with Crippen LogP contribution in [0.15, 0.2) is 36.2 Å². The fourth-order valence-corrected chi connectivity index (χ4v) is 2.10. The van der Waals surface area contributed by atoms with Gasteiger partial charge in [-0.15, -0.1) is 11.3 Å². The summed E-state index contributed by atoms with van der Waals surface area (Å²) in [6.07, 6.45) is 6.09. The lowest BCUT2D eigenvalue weighted by atomic mass is 10.3. The van der Waals surface area contributed by atoms with Gasteiger partial charge in [-0.3, -0.25) is 14.8 Å². The summed E-state index contributed by atoms with van der Waals surface area (Å²) in [6.45, 7) is 2.32. The van der Waals surface area contributed by atoms with Gasteiger partial charge in [0.2, 0.25) is 0 Å². The van der Waals surface area contributed by atoms with E-state index in [9.17, 15) is 4.79 Å². The molecular weight excluding hydrogens is 260 g/mol. The van der Waals surface area contributed by atoms with Gasteiger partial charge >= 0.3 is 0 Å². The van der Waals surface area contributed by atoms with Crippen molar-refractivity contribution >= 4 is 17.2 Å². The van der Waals surface area contributed by atoms with Crippen LogP contribution in [0.25, 0.3) is 0 Å². The lowest BCUT2D eigenvalue weighted by Crippen LogP contribution is -2.26. The molecule has 19 heavy (non-hydrogen) atoms. The van der Waals surface area contributed by atoms with Gasteiger partial charge in [-0.1, -0.05) is 6.07 Å². The normalized spacial score (nSPS) is 10.3. The lowest BCUT2D eigenvalue weighted by molar-refractivity contribution is 0.0957. The number of pyridine rings is 1. The molecule has 0 aliphatic heterocycles. The van der Waals surface area contributed by atoms with Crippen LogP contribution >= 0.6 is 11.3 Å². The van der Waals surface area contributed by atoms with E-state index in [1.807, 2.05) is 18.3 Å². The summed E-state index contributed by atoms with van der Waals surface area (Å²) in [4.78, 5) is 20.2. The Bertz CT molecular complexity index is 487. The molecule has 0 aliphatic rings. The van der Waals surface area contributed by atoms with Crippen LogP contribution in [0.4, 0.5) is 0 Å². The number of nitrogens with one attached hydrogen (secondary N) is 2. The molecule has 0 bridgehead atoms. The number of amides is 1. The number of aromatic nitrogens is 2. The summed E-state index contributed by atoms with van der Waals surface area (Å²) in [5.74, 6) is -0.0465. The number of nitrogens with zero attached hydrogens (tertiary/aromatic N) is 2. The second-order valence-electron chi connectivity index (χ2n) is 4.01. The van der Waals surface area contributed by atoms with E-state index in [0.717, 1.165) is 25.1 Å². The Balaban J connectivity index is 1.54. The van der Waals surface area contributed by atoms with Crippen LogP contribution in [-0.4, -0.2) is 29.0 Å². The minimum Gasteiger partial charge on any atom is -0.351 e. The summed E-state index contributed by atoms with van der Waals surface area (Å²) >= 11 is 1.35. The SMILES string of the molecule is O=C(NCCCNCc1cccnc1)c1cncs1. The van der Waals surface area contributed by atoms with Crippen molar-refractivity contribution in [2.24, 2.45) is 0 Å². The lowest BCUT2D eigenvalue weighted by Gasteiger charge is -2.05. The summed E-state index contributed by atoms with van der Waals surface area (Å²) in [5, 5.41) is 6.17. The van der Waals surface area contributed by atoms with Gasteiger partial charge < -0.3 is 10.6 Å². The van der Waals surface area contributed by atoms with Crippen LogP contribution in [0, 0.1) is 0 Å². The largest absolute Gasteiger partial charge is 0.351 e. The Labute approximate surface area is 116 Å². The molecule has 2 N–H and O–H groups in total. The fraction of sp³-hybridized carbons (Fsp3) is 0.308. The Morgan fingerprint density at radius 3 is 2.95 bits per heavy atom. The predicted molar refractivity (Wildman–Crippen MR) is 75.0 cm³/mol. The maximum absolute atomic E-state index is 11.6. The van der Waals surface area contributed by atoms with E-state index in [-0.39, 0.29) is 5.91 Å². The van der Waals surface area contributed by atoms with Gasteiger partial charge in [-0.05, 0) is 24.6 Å². The van der Waals surface area contributed by atoms with Gasteiger partial charge in [0.1, 0.15) is 4.88 Å². The van der Waals surface area contributed by atoms with E-state index in [4.69, 9.17) is 0 Å². The van der Waals surface area contributed by atoms with Crippen LogP contribution in [0.1, 0.15) is 21.7 Å². The van der Waals surface area contributed by atoms with E-state index in [1.165, 1.54) is 11.3 Å². The zero-order valence-corrected chi connectivity index (χ0v) is 11.3. The maximum atomic E-state index is 11.6. The monoisotopic (exact) mass is 276 g/mol. The predicted octanol–water partition coefficient (Wildman–Crippen LogP) is 1.45. The number of hydrogen-bond acceptors (Lipinski definition) is 5. The first kappa shape index (κ1) is 13.6. The molecule has 6 heteroatoms. The summed E-state index contributed by atoms with van der Waals surface area (Å²) in [7, 11) is 0. The van der Waals surface area contributed by atoms with Crippen molar-refractivity contribution < 1.29 is 4.79 Å². The van der Waals surface area contributed by atoms with Gasteiger partial charge in [-0.2, -0.15) is 0 Å². The minimum atomic E-state index is -0.0465. The average molecular weight is 276 g/mol. The number of carbonyl (C=O) groups excluding carboxylic acids is 1. The smallest absolute Gasteiger partial charge is 0.262 e. The third-order valence-electron chi connectivity index (χ3n) is 2.52. The van der Waals surface area contributed by atoms with Crippen molar-refractivity contribution in [3.63, 3.8) is 0 Å². The fourth-order valence-electron chi connectivity index (χ4n) is 1.57. The molecule has 0 fully saturated rings. The molecule has 2 rings (SSSR count). The molecule has 0 unspecified atom stereocenters. The summed E-state index contributed by atoms with van der Waals surface area (Å²) in [6, 6.07) is 3.96. The average Bonchev–Trinajstić information content (AvgIpc) is 2.98. The van der Waals surface area contributed by atoms with E-state index in [2.05, 4.69) is 20.6 Å². The second kappa shape index (κ2) is 7.60. The van der Waals surface area contributed by atoms with E-state index in [0.29, 0.717) is 11.4 Å². The van der Waals surface area contributed by atoms with Crippen LogP contribution in [0.5, 0.6) is 0 Å². The number of rotatable bonds is 7. The highest BCUT2D eigenvalue weighted by Gasteiger charge is 2.05. The van der Waals surface area contributed by atoms with Crippen molar-refractivity contribution in [1.29, 1.82) is 0 Å². The maximum Gasteiger partial charge on any atom is 0.262 e. The van der Waals surface area contributed by atoms with Crippen molar-refractivity contribution in [2.45, 2.75) is 13.0 Å². The molecule has 0 spiro atoms. The zero-order chi connectivity index (χ0) is 13.3. The highest BCUT2D eigenvalue weighted by Crippen LogP contribution is 2.04. The van der Waals surface area contributed by atoms with Gasteiger partial charge in [0.25, 0.3) is 5.91 Å². The quantitative estimate of drug-likeness (QED) is 0.751. The molecule has 5 nitrogen and oxygen atoms in total. The van der Waals surface area contributed by atoms with E-state index >= 15 is 0 Å². The van der Waals surface area contributed by atoms with Crippen LogP contribution in [-0.2, 0) is 6.54 Å². The number of carbonyl (C=O) groups is 1. The first-order chi connectivity index (χ1) is 9.36. The van der Waals surface area contributed by atoms with Crippen LogP contribution in [0.2, 0.25) is 0 Å². The molecule has 0 atom stereocenters. The molecule has 2 aromatic rings. The highest BCUT2D eigenvalue weighted by molar-refractivity contribution is 7.11. The molecule has 2 aromatic heterocycles. The van der Waals surface area contributed by atoms with Gasteiger partial charge in [0.15, 0.2) is 0 Å². The molecule has 100 valence electrons. The molecule has 2 heterocycles. The molecule has 1 amide bonds. The molecule has 0 radical (unpaired) electrons. The molecular formula is C13H16N4OS. The third kappa shape index (κ3) is 4.76. The first-order valence-electron chi connectivity index (χ1n) is 6.12. The molecule has 0 saturated heterocycles. The molecule has 0 aromatic carbocycles. The van der Waals surface area contributed by atoms with Crippen molar-refractivity contribution in [2.75, 3.05) is 13.1 Å². The minimum absolute atomic E-state index is 0.0465. The van der Waals surface area contributed by atoms with Crippen molar-refractivity contribution in [3.8, 4) is 0 Å². The number of hydrogen-bond donors (Lipinski definition) is 2. The Morgan fingerprint density at radius 1 is 1.26 bits per heavy atom. The third-order valence-corrected chi connectivity index (χ3v) is 3.30. The van der Waals surface area contributed by atoms with Crippen LogP contribution in [0.3, 0.4) is 0 Å². The van der Waals surface area contributed by atoms with Crippen LogP contribution < -0.4 is 10.6 Å². The first-order valence-corrected chi connectivity index (χ1v) is 7.00. The Kier molecular flexibility index (Phi) is 5.46. The van der Waals surface area contributed by atoms with Crippen molar-refractivity contribution in [1.82, 2.24) is 20.6 Å². The van der Waals surface area contributed by atoms with E-state index in [1.54, 1.807) is 17.9 Å². The molecule has 0 saturated carbocycles. The summed E-state index contributed by atoms with van der Waals surface area (Å²) < 4.78 is 0. The summed E-state index contributed by atoms with van der Waals surface area (Å²) in [5.41, 5.74) is 2.82. The van der Waals surface area contributed by atoms with Gasteiger partial charge in [-0.25, -0.2) is 0 Å².